The Kier molecular flexibility index (Phi) is 6.83. The van der Waals surface area contributed by atoms with Crippen LogP contribution in [0.4, 0.5) is 10.1 Å². The third kappa shape index (κ3) is 4.65. The molecule has 0 fully saturated rings. The monoisotopic (exact) mass is 443 g/mol. The first-order chi connectivity index (χ1) is 16.1. The Balaban J connectivity index is 1.87. The Morgan fingerprint density at radius 3 is 2.55 bits per heavy atom. The number of rotatable bonds is 8. The molecular formula is C27H26FN3O2. The van der Waals surface area contributed by atoms with Gasteiger partial charge in [-0.15, -0.1) is 0 Å². The van der Waals surface area contributed by atoms with E-state index < -0.39 is 0 Å². The van der Waals surface area contributed by atoms with E-state index in [4.69, 9.17) is 4.74 Å². The number of ether oxygens (including phenoxy) is 1. The second-order valence-electron chi connectivity index (χ2n) is 7.66. The molecule has 4 rings (SSSR count). The van der Waals surface area contributed by atoms with Crippen LogP contribution in [0.2, 0.25) is 0 Å². The predicted octanol–water partition coefficient (Wildman–Crippen LogP) is 5.80. The first-order valence-electron chi connectivity index (χ1n) is 10.9. The molecule has 1 aromatic heterocycles. The van der Waals surface area contributed by atoms with Gasteiger partial charge in [0.25, 0.3) is 5.91 Å². The summed E-state index contributed by atoms with van der Waals surface area (Å²) in [5.41, 5.74) is 3.01. The SMILES string of the molecule is CCCNC(=O)c1ncc2c(-c3c(F)cccc3OC)cccc2c1NCc1ccccc1. The number of methoxy groups -OCH3 is 1. The van der Waals surface area contributed by atoms with Crippen LogP contribution in [-0.2, 0) is 6.54 Å². The maximum atomic E-state index is 14.9. The molecular weight excluding hydrogens is 417 g/mol. The number of fused-ring (bicyclic) bond motifs is 1. The Hall–Kier alpha value is -3.93. The molecule has 168 valence electrons. The van der Waals surface area contributed by atoms with Crippen molar-refractivity contribution < 1.29 is 13.9 Å². The van der Waals surface area contributed by atoms with Crippen LogP contribution in [0.5, 0.6) is 5.75 Å². The average molecular weight is 444 g/mol. The molecule has 0 spiro atoms. The van der Waals surface area contributed by atoms with Gasteiger partial charge in [-0.25, -0.2) is 9.37 Å². The van der Waals surface area contributed by atoms with Gasteiger partial charge in [-0.2, -0.15) is 0 Å². The lowest BCUT2D eigenvalue weighted by molar-refractivity contribution is 0.0949. The van der Waals surface area contributed by atoms with E-state index >= 15 is 0 Å². The van der Waals surface area contributed by atoms with E-state index in [9.17, 15) is 9.18 Å². The van der Waals surface area contributed by atoms with E-state index in [-0.39, 0.29) is 11.7 Å². The molecule has 0 atom stereocenters. The van der Waals surface area contributed by atoms with Crippen LogP contribution in [0.3, 0.4) is 0 Å². The number of benzene rings is 3. The minimum atomic E-state index is -0.384. The zero-order valence-corrected chi connectivity index (χ0v) is 18.7. The third-order valence-corrected chi connectivity index (χ3v) is 5.46. The lowest BCUT2D eigenvalue weighted by Crippen LogP contribution is -2.26. The maximum absolute atomic E-state index is 14.9. The molecule has 0 bridgehead atoms. The number of hydrogen-bond donors (Lipinski definition) is 2. The highest BCUT2D eigenvalue weighted by Crippen LogP contribution is 2.39. The normalized spacial score (nSPS) is 10.8. The highest BCUT2D eigenvalue weighted by molar-refractivity contribution is 6.10. The molecule has 1 amide bonds. The fraction of sp³-hybridized carbons (Fsp3) is 0.185. The van der Waals surface area contributed by atoms with Crippen molar-refractivity contribution in [2.75, 3.05) is 19.0 Å². The summed E-state index contributed by atoms with van der Waals surface area (Å²) in [5, 5.41) is 7.82. The van der Waals surface area contributed by atoms with E-state index in [0.717, 1.165) is 22.8 Å². The standard InChI is InChI=1S/C27H26FN3O2/c1-3-15-29-27(32)26-25(30-16-18-9-5-4-6-10-18)20-12-7-11-19(21(20)17-31-26)24-22(28)13-8-14-23(24)33-2/h4-14,17,30H,3,15-16H2,1-2H3,(H,29,32). The summed E-state index contributed by atoms with van der Waals surface area (Å²) in [6.07, 6.45) is 2.45. The smallest absolute Gasteiger partial charge is 0.272 e. The summed E-state index contributed by atoms with van der Waals surface area (Å²) < 4.78 is 20.3. The molecule has 33 heavy (non-hydrogen) atoms. The van der Waals surface area contributed by atoms with Gasteiger partial charge in [-0.1, -0.05) is 61.5 Å². The number of carbonyl (C=O) groups is 1. The second kappa shape index (κ2) is 10.1. The van der Waals surface area contributed by atoms with Crippen molar-refractivity contribution in [2.24, 2.45) is 0 Å². The number of anilines is 1. The summed E-state index contributed by atoms with van der Waals surface area (Å²) in [7, 11) is 1.52. The predicted molar refractivity (Wildman–Crippen MR) is 130 cm³/mol. The summed E-state index contributed by atoms with van der Waals surface area (Å²) in [5.74, 6) is -0.195. The molecule has 0 radical (unpaired) electrons. The minimum Gasteiger partial charge on any atom is -0.496 e. The van der Waals surface area contributed by atoms with Gasteiger partial charge < -0.3 is 15.4 Å². The molecule has 0 aliphatic rings. The zero-order valence-electron chi connectivity index (χ0n) is 18.7. The highest BCUT2D eigenvalue weighted by atomic mass is 19.1. The van der Waals surface area contributed by atoms with Crippen LogP contribution in [0.25, 0.3) is 21.9 Å². The summed E-state index contributed by atoms with van der Waals surface area (Å²) in [4.78, 5) is 17.4. The molecule has 0 aliphatic heterocycles. The van der Waals surface area contributed by atoms with Crippen molar-refractivity contribution >= 4 is 22.4 Å². The fourth-order valence-electron chi connectivity index (χ4n) is 3.86. The van der Waals surface area contributed by atoms with Gasteiger partial charge in [0.2, 0.25) is 0 Å². The lowest BCUT2D eigenvalue weighted by atomic mass is 9.96. The second-order valence-corrected chi connectivity index (χ2v) is 7.66. The molecule has 3 aromatic carbocycles. The van der Waals surface area contributed by atoms with Crippen LogP contribution in [0, 0.1) is 5.82 Å². The van der Waals surface area contributed by atoms with Crippen molar-refractivity contribution in [3.05, 3.63) is 90.0 Å². The lowest BCUT2D eigenvalue weighted by Gasteiger charge is -2.17. The van der Waals surface area contributed by atoms with Crippen LogP contribution < -0.4 is 15.4 Å². The molecule has 4 aromatic rings. The minimum absolute atomic E-state index is 0.247. The number of hydrogen-bond acceptors (Lipinski definition) is 4. The maximum Gasteiger partial charge on any atom is 0.272 e. The molecule has 0 unspecified atom stereocenters. The van der Waals surface area contributed by atoms with Gasteiger partial charge in [0.1, 0.15) is 11.6 Å². The average Bonchev–Trinajstić information content (AvgIpc) is 2.85. The Morgan fingerprint density at radius 2 is 1.79 bits per heavy atom. The molecule has 1 heterocycles. The van der Waals surface area contributed by atoms with E-state index in [1.54, 1.807) is 18.3 Å². The number of amides is 1. The molecule has 5 nitrogen and oxygen atoms in total. The fourth-order valence-corrected chi connectivity index (χ4v) is 3.86. The van der Waals surface area contributed by atoms with E-state index in [1.165, 1.54) is 13.2 Å². The van der Waals surface area contributed by atoms with Crippen LogP contribution in [0.15, 0.2) is 72.9 Å². The van der Waals surface area contributed by atoms with Crippen molar-refractivity contribution in [3.63, 3.8) is 0 Å². The van der Waals surface area contributed by atoms with Crippen molar-refractivity contribution in [1.29, 1.82) is 0 Å². The van der Waals surface area contributed by atoms with Gasteiger partial charge in [0.15, 0.2) is 5.69 Å². The van der Waals surface area contributed by atoms with E-state index in [0.29, 0.717) is 41.3 Å². The van der Waals surface area contributed by atoms with Gasteiger partial charge in [-0.05, 0) is 29.7 Å². The molecule has 0 aliphatic carbocycles. The number of nitrogens with one attached hydrogen (secondary N) is 2. The van der Waals surface area contributed by atoms with Gasteiger partial charge >= 0.3 is 0 Å². The Labute approximate surface area is 192 Å². The van der Waals surface area contributed by atoms with Crippen molar-refractivity contribution in [1.82, 2.24) is 10.3 Å². The van der Waals surface area contributed by atoms with Gasteiger partial charge in [0, 0.05) is 30.1 Å². The topological polar surface area (TPSA) is 63.2 Å². The number of aromatic nitrogens is 1. The Bertz CT molecular complexity index is 1280. The summed E-state index contributed by atoms with van der Waals surface area (Å²) in [6.45, 7) is 3.07. The first-order valence-corrected chi connectivity index (χ1v) is 10.9. The third-order valence-electron chi connectivity index (χ3n) is 5.46. The van der Waals surface area contributed by atoms with Crippen molar-refractivity contribution in [2.45, 2.75) is 19.9 Å². The quantitative estimate of drug-likeness (QED) is 0.361. The van der Waals surface area contributed by atoms with Crippen molar-refractivity contribution in [3.8, 4) is 16.9 Å². The zero-order chi connectivity index (χ0) is 23.2. The number of pyridine rings is 1. The largest absolute Gasteiger partial charge is 0.496 e. The van der Waals surface area contributed by atoms with Crippen LogP contribution in [-0.4, -0.2) is 24.5 Å². The highest BCUT2D eigenvalue weighted by Gasteiger charge is 2.20. The first kappa shape index (κ1) is 22.3. The molecule has 6 heteroatoms. The van der Waals surface area contributed by atoms with Gasteiger partial charge in [0.05, 0.1) is 18.4 Å². The number of carbonyl (C=O) groups excluding carboxylic acids is 1. The Morgan fingerprint density at radius 1 is 1.00 bits per heavy atom. The van der Waals surface area contributed by atoms with Gasteiger partial charge in [-0.3, -0.25) is 4.79 Å². The van der Waals surface area contributed by atoms with E-state index in [2.05, 4.69) is 15.6 Å². The molecule has 0 saturated carbocycles. The summed E-state index contributed by atoms with van der Waals surface area (Å²) >= 11 is 0. The van der Waals surface area contributed by atoms with Crippen LogP contribution in [0.1, 0.15) is 29.4 Å². The number of halogens is 1. The summed E-state index contributed by atoms with van der Waals surface area (Å²) in [6, 6.07) is 20.3. The molecule has 0 saturated heterocycles. The molecule has 2 N–H and O–H groups in total. The van der Waals surface area contributed by atoms with E-state index in [1.807, 2.05) is 55.5 Å². The number of nitrogens with zero attached hydrogens (tertiary/aromatic N) is 1. The van der Waals surface area contributed by atoms with Crippen LogP contribution >= 0.6 is 0 Å².